The second-order valence-corrected chi connectivity index (χ2v) is 5.88. The minimum absolute atomic E-state index is 0.636. The number of hydrogen-bond donors (Lipinski definition) is 1. The van der Waals surface area contributed by atoms with Gasteiger partial charge in [-0.2, -0.15) is 0 Å². The van der Waals surface area contributed by atoms with Crippen molar-refractivity contribution in [1.82, 2.24) is 4.98 Å². The first-order valence-corrected chi connectivity index (χ1v) is 6.58. The Kier molecular flexibility index (Phi) is 2.13. The van der Waals surface area contributed by atoms with E-state index in [4.69, 9.17) is 0 Å². The number of halogens is 1. The van der Waals surface area contributed by atoms with E-state index >= 15 is 0 Å². The molecule has 0 saturated heterocycles. The van der Waals surface area contributed by atoms with Crippen molar-refractivity contribution in [2.75, 3.05) is 0 Å². The lowest BCUT2D eigenvalue weighted by atomic mass is 9.81. The molecule has 2 nitrogen and oxygen atoms in total. The molecule has 0 atom stereocenters. The van der Waals surface area contributed by atoms with Crippen LogP contribution in [0.15, 0.2) is 22.7 Å². The number of hydrogen-bond acceptors (Lipinski definition) is 3. The maximum absolute atomic E-state index is 10.2. The quantitative estimate of drug-likeness (QED) is 0.870. The van der Waals surface area contributed by atoms with Crippen LogP contribution < -0.4 is 0 Å². The van der Waals surface area contributed by atoms with Gasteiger partial charge in [-0.3, -0.25) is 0 Å². The van der Waals surface area contributed by atoms with E-state index in [-0.39, 0.29) is 0 Å². The van der Waals surface area contributed by atoms with Gasteiger partial charge in [-0.25, -0.2) is 4.98 Å². The minimum atomic E-state index is -0.636. The predicted molar refractivity (Wildman–Crippen MR) is 65.1 cm³/mol. The fraction of sp³-hybridized carbons (Fsp3) is 0.364. The van der Waals surface area contributed by atoms with Crippen molar-refractivity contribution in [3.05, 3.63) is 27.7 Å². The second-order valence-electron chi connectivity index (χ2n) is 3.99. The van der Waals surface area contributed by atoms with Gasteiger partial charge in [-0.1, -0.05) is 6.07 Å². The Hall–Kier alpha value is -0.450. The lowest BCUT2D eigenvalue weighted by Gasteiger charge is -2.34. The Balaban J connectivity index is 2.18. The highest BCUT2D eigenvalue weighted by Gasteiger charge is 2.39. The van der Waals surface area contributed by atoms with E-state index in [1.807, 2.05) is 18.2 Å². The summed E-state index contributed by atoms with van der Waals surface area (Å²) in [6.45, 7) is 0. The molecule has 0 radical (unpaired) electrons. The molecule has 1 heterocycles. The molecule has 1 aliphatic rings. The van der Waals surface area contributed by atoms with Gasteiger partial charge < -0.3 is 5.11 Å². The lowest BCUT2D eigenvalue weighted by Crippen LogP contribution is -2.33. The SMILES string of the molecule is OC1(c2nc3c(Br)cccc3s2)CCC1. The Labute approximate surface area is 100 Å². The van der Waals surface area contributed by atoms with Gasteiger partial charge in [-0.05, 0) is 47.3 Å². The van der Waals surface area contributed by atoms with E-state index in [1.54, 1.807) is 11.3 Å². The van der Waals surface area contributed by atoms with Crippen LogP contribution in [-0.2, 0) is 5.60 Å². The molecule has 0 bridgehead atoms. The largest absolute Gasteiger partial charge is 0.383 e. The summed E-state index contributed by atoms with van der Waals surface area (Å²) in [6, 6.07) is 6.03. The number of fused-ring (bicyclic) bond motifs is 1. The van der Waals surface area contributed by atoms with Crippen molar-refractivity contribution in [2.45, 2.75) is 24.9 Å². The summed E-state index contributed by atoms with van der Waals surface area (Å²) in [6.07, 6.45) is 2.81. The summed E-state index contributed by atoms with van der Waals surface area (Å²) < 4.78 is 2.14. The zero-order valence-corrected chi connectivity index (χ0v) is 10.4. The number of aromatic nitrogens is 1. The number of nitrogens with zero attached hydrogens (tertiary/aromatic N) is 1. The third kappa shape index (κ3) is 1.43. The Morgan fingerprint density at radius 1 is 1.40 bits per heavy atom. The summed E-state index contributed by atoms with van der Waals surface area (Å²) >= 11 is 5.08. The van der Waals surface area contributed by atoms with Crippen LogP contribution in [-0.4, -0.2) is 10.1 Å². The molecule has 0 amide bonds. The highest BCUT2D eigenvalue weighted by molar-refractivity contribution is 9.10. The van der Waals surface area contributed by atoms with Crippen LogP contribution >= 0.6 is 27.3 Å². The highest BCUT2D eigenvalue weighted by Crippen LogP contribution is 2.44. The van der Waals surface area contributed by atoms with Crippen molar-refractivity contribution in [1.29, 1.82) is 0 Å². The predicted octanol–water partition coefficient (Wildman–Crippen LogP) is 3.43. The number of aliphatic hydroxyl groups is 1. The third-order valence-corrected chi connectivity index (χ3v) is 4.80. The zero-order valence-electron chi connectivity index (χ0n) is 8.03. The molecule has 4 heteroatoms. The molecule has 1 saturated carbocycles. The Morgan fingerprint density at radius 2 is 2.20 bits per heavy atom. The molecule has 1 aromatic carbocycles. The third-order valence-electron chi connectivity index (χ3n) is 2.95. The topological polar surface area (TPSA) is 33.1 Å². The number of benzene rings is 1. The van der Waals surface area contributed by atoms with Crippen LogP contribution in [0.5, 0.6) is 0 Å². The molecule has 0 aliphatic heterocycles. The second kappa shape index (κ2) is 3.27. The minimum Gasteiger partial charge on any atom is -0.383 e. The van der Waals surface area contributed by atoms with Crippen LogP contribution in [0, 0.1) is 0 Å². The molecule has 15 heavy (non-hydrogen) atoms. The van der Waals surface area contributed by atoms with E-state index in [0.29, 0.717) is 0 Å². The molecule has 0 unspecified atom stereocenters. The molecule has 78 valence electrons. The van der Waals surface area contributed by atoms with Gasteiger partial charge in [0.25, 0.3) is 0 Å². The molecule has 3 rings (SSSR count). The van der Waals surface area contributed by atoms with E-state index in [0.717, 1.165) is 39.0 Å². The molecule has 1 aliphatic carbocycles. The summed E-state index contributed by atoms with van der Waals surface area (Å²) in [4.78, 5) is 4.53. The molecule has 1 aromatic heterocycles. The van der Waals surface area contributed by atoms with E-state index in [9.17, 15) is 5.11 Å². The first kappa shape index (κ1) is 9.75. The van der Waals surface area contributed by atoms with E-state index in [2.05, 4.69) is 20.9 Å². The van der Waals surface area contributed by atoms with Crippen LogP contribution in [0.1, 0.15) is 24.3 Å². The fourth-order valence-electron chi connectivity index (χ4n) is 1.84. The monoisotopic (exact) mass is 283 g/mol. The van der Waals surface area contributed by atoms with Crippen molar-refractivity contribution in [3.8, 4) is 0 Å². The zero-order chi connectivity index (χ0) is 10.5. The highest BCUT2D eigenvalue weighted by atomic mass is 79.9. The summed E-state index contributed by atoms with van der Waals surface area (Å²) in [7, 11) is 0. The van der Waals surface area contributed by atoms with E-state index in [1.165, 1.54) is 0 Å². The number of para-hydroxylation sites is 1. The summed E-state index contributed by atoms with van der Waals surface area (Å²) in [5.74, 6) is 0. The average Bonchev–Trinajstić information content (AvgIpc) is 2.59. The van der Waals surface area contributed by atoms with Crippen LogP contribution in [0.3, 0.4) is 0 Å². The van der Waals surface area contributed by atoms with Crippen molar-refractivity contribution < 1.29 is 5.11 Å². The maximum Gasteiger partial charge on any atom is 0.126 e. The lowest BCUT2D eigenvalue weighted by molar-refractivity contribution is -0.0387. The maximum atomic E-state index is 10.2. The van der Waals surface area contributed by atoms with Gasteiger partial charge in [0, 0.05) is 4.47 Å². The molecular formula is C11H10BrNOS. The number of thiazole rings is 1. The standard InChI is InChI=1S/C11H10BrNOS/c12-7-3-1-4-8-9(7)13-10(15-8)11(14)5-2-6-11/h1,3-4,14H,2,5-6H2. The van der Waals surface area contributed by atoms with Gasteiger partial charge >= 0.3 is 0 Å². The molecule has 1 N–H and O–H groups in total. The van der Waals surface area contributed by atoms with Crippen molar-refractivity contribution in [3.63, 3.8) is 0 Å². The molecule has 2 aromatic rings. The van der Waals surface area contributed by atoms with Gasteiger partial charge in [0.15, 0.2) is 0 Å². The fourth-order valence-corrected chi connectivity index (χ4v) is 3.56. The van der Waals surface area contributed by atoms with Gasteiger partial charge in [0.1, 0.15) is 10.6 Å². The van der Waals surface area contributed by atoms with Gasteiger partial charge in [0.2, 0.25) is 0 Å². The molecule has 1 fully saturated rings. The normalized spacial score (nSPS) is 19.1. The molecular weight excluding hydrogens is 274 g/mol. The van der Waals surface area contributed by atoms with Crippen LogP contribution in [0.25, 0.3) is 10.2 Å². The van der Waals surface area contributed by atoms with Gasteiger partial charge in [-0.15, -0.1) is 11.3 Å². The first-order valence-electron chi connectivity index (χ1n) is 4.97. The van der Waals surface area contributed by atoms with Crippen LogP contribution in [0.2, 0.25) is 0 Å². The first-order chi connectivity index (χ1) is 7.19. The Morgan fingerprint density at radius 3 is 2.80 bits per heavy atom. The van der Waals surface area contributed by atoms with Crippen LogP contribution in [0.4, 0.5) is 0 Å². The summed E-state index contributed by atoms with van der Waals surface area (Å²) in [5.41, 5.74) is 0.334. The summed E-state index contributed by atoms with van der Waals surface area (Å²) in [5, 5.41) is 11.1. The van der Waals surface area contributed by atoms with Crippen molar-refractivity contribution in [2.24, 2.45) is 0 Å². The number of rotatable bonds is 1. The van der Waals surface area contributed by atoms with Gasteiger partial charge in [0.05, 0.1) is 10.2 Å². The van der Waals surface area contributed by atoms with Crippen molar-refractivity contribution >= 4 is 37.5 Å². The smallest absolute Gasteiger partial charge is 0.126 e. The van der Waals surface area contributed by atoms with E-state index < -0.39 is 5.60 Å². The average molecular weight is 284 g/mol. The Bertz CT molecular complexity index is 518. The molecule has 0 spiro atoms.